The number of rotatable bonds is 6. The van der Waals surface area contributed by atoms with Crippen LogP contribution in [0, 0.1) is 6.92 Å². The molecule has 2 N–H and O–H groups in total. The third-order valence-corrected chi connectivity index (χ3v) is 3.24. The van der Waals surface area contributed by atoms with Gasteiger partial charge in [0.1, 0.15) is 0 Å². The smallest absolute Gasteiger partial charge is 0.234 e. The van der Waals surface area contributed by atoms with Crippen molar-refractivity contribution in [2.24, 2.45) is 0 Å². The molecule has 0 aliphatic rings. The second kappa shape index (κ2) is 7.17. The minimum Gasteiger partial charge on any atom is -0.353 e. The molecular formula is C15H24N2O. The molecule has 0 saturated heterocycles. The summed E-state index contributed by atoms with van der Waals surface area (Å²) in [6, 6.07) is 8.68. The first-order chi connectivity index (χ1) is 8.54. The molecule has 0 heterocycles. The van der Waals surface area contributed by atoms with Gasteiger partial charge in [-0.2, -0.15) is 0 Å². The fourth-order valence-electron chi connectivity index (χ4n) is 1.86. The van der Waals surface area contributed by atoms with Crippen LogP contribution in [0.3, 0.4) is 0 Å². The molecule has 1 unspecified atom stereocenters. The van der Waals surface area contributed by atoms with Crippen molar-refractivity contribution in [1.82, 2.24) is 10.6 Å². The van der Waals surface area contributed by atoms with E-state index in [1.165, 1.54) is 11.1 Å². The van der Waals surface area contributed by atoms with Gasteiger partial charge in [0.15, 0.2) is 0 Å². The van der Waals surface area contributed by atoms with Crippen LogP contribution in [-0.2, 0) is 4.79 Å². The monoisotopic (exact) mass is 248 g/mol. The van der Waals surface area contributed by atoms with Gasteiger partial charge in [0.25, 0.3) is 0 Å². The zero-order valence-electron chi connectivity index (χ0n) is 11.8. The van der Waals surface area contributed by atoms with E-state index in [4.69, 9.17) is 0 Å². The molecule has 0 aromatic heterocycles. The summed E-state index contributed by atoms with van der Waals surface area (Å²) in [5, 5.41) is 6.21. The Labute approximate surface area is 110 Å². The van der Waals surface area contributed by atoms with Crippen molar-refractivity contribution >= 4 is 5.91 Å². The van der Waals surface area contributed by atoms with Crippen molar-refractivity contribution in [1.29, 1.82) is 0 Å². The fraction of sp³-hybridized carbons (Fsp3) is 0.533. The van der Waals surface area contributed by atoms with Crippen molar-refractivity contribution in [2.75, 3.05) is 6.54 Å². The summed E-state index contributed by atoms with van der Waals surface area (Å²) in [6.07, 6.45) is 0.957. The Kier molecular flexibility index (Phi) is 5.86. The van der Waals surface area contributed by atoms with Gasteiger partial charge in [-0.15, -0.1) is 0 Å². The maximum atomic E-state index is 11.7. The van der Waals surface area contributed by atoms with Gasteiger partial charge < -0.3 is 10.6 Å². The highest BCUT2D eigenvalue weighted by atomic mass is 16.1. The number of amides is 1. The van der Waals surface area contributed by atoms with Gasteiger partial charge >= 0.3 is 0 Å². The third-order valence-electron chi connectivity index (χ3n) is 3.24. The second-order valence-corrected chi connectivity index (χ2v) is 4.84. The average molecular weight is 248 g/mol. The molecule has 2 atom stereocenters. The molecule has 0 aliphatic carbocycles. The summed E-state index contributed by atoms with van der Waals surface area (Å²) >= 11 is 0. The van der Waals surface area contributed by atoms with E-state index in [0.717, 1.165) is 6.42 Å². The van der Waals surface area contributed by atoms with Gasteiger partial charge in [0.2, 0.25) is 5.91 Å². The molecule has 0 saturated carbocycles. The van der Waals surface area contributed by atoms with Gasteiger partial charge in [-0.3, -0.25) is 4.79 Å². The molecule has 1 amide bonds. The molecule has 1 rings (SSSR count). The maximum absolute atomic E-state index is 11.7. The zero-order valence-corrected chi connectivity index (χ0v) is 11.8. The molecule has 3 nitrogen and oxygen atoms in total. The predicted molar refractivity (Wildman–Crippen MR) is 75.5 cm³/mol. The van der Waals surface area contributed by atoms with E-state index in [1.807, 2.05) is 19.1 Å². The first-order valence-electron chi connectivity index (χ1n) is 6.62. The first-order valence-corrected chi connectivity index (χ1v) is 6.62. The van der Waals surface area contributed by atoms with Crippen LogP contribution in [0.25, 0.3) is 0 Å². The van der Waals surface area contributed by atoms with Gasteiger partial charge in [0.05, 0.1) is 6.54 Å². The molecule has 100 valence electrons. The minimum atomic E-state index is 0.0600. The van der Waals surface area contributed by atoms with Crippen LogP contribution in [0.5, 0.6) is 0 Å². The Hall–Kier alpha value is -1.35. The van der Waals surface area contributed by atoms with Crippen LogP contribution in [0.1, 0.15) is 44.4 Å². The van der Waals surface area contributed by atoms with Crippen molar-refractivity contribution in [3.8, 4) is 0 Å². The molecule has 0 radical (unpaired) electrons. The summed E-state index contributed by atoms with van der Waals surface area (Å²) in [5.74, 6) is 0.0600. The number of hydrogen-bond acceptors (Lipinski definition) is 2. The van der Waals surface area contributed by atoms with Crippen LogP contribution in [-0.4, -0.2) is 18.5 Å². The summed E-state index contributed by atoms with van der Waals surface area (Å²) in [6.45, 7) is 8.61. The van der Waals surface area contributed by atoms with Crippen LogP contribution in [0.2, 0.25) is 0 Å². The van der Waals surface area contributed by atoms with Gasteiger partial charge in [-0.05, 0) is 38.3 Å². The lowest BCUT2D eigenvalue weighted by Gasteiger charge is -2.17. The third kappa shape index (κ3) is 4.49. The molecule has 0 aliphatic heterocycles. The van der Waals surface area contributed by atoms with E-state index < -0.39 is 0 Å². The Bertz CT molecular complexity index is 390. The molecular weight excluding hydrogens is 224 g/mol. The first kappa shape index (κ1) is 14.7. The normalized spacial score (nSPS) is 14.0. The quantitative estimate of drug-likeness (QED) is 0.812. The Morgan fingerprint density at radius 3 is 2.56 bits per heavy atom. The maximum Gasteiger partial charge on any atom is 0.234 e. The van der Waals surface area contributed by atoms with Crippen LogP contribution in [0.4, 0.5) is 0 Å². The van der Waals surface area contributed by atoms with E-state index in [1.54, 1.807) is 0 Å². The average Bonchev–Trinajstić information content (AvgIpc) is 2.36. The van der Waals surface area contributed by atoms with Crippen molar-refractivity contribution in [2.45, 2.75) is 46.2 Å². The van der Waals surface area contributed by atoms with Crippen molar-refractivity contribution in [3.05, 3.63) is 35.4 Å². The second-order valence-electron chi connectivity index (χ2n) is 4.84. The Morgan fingerprint density at radius 2 is 1.94 bits per heavy atom. The minimum absolute atomic E-state index is 0.0600. The number of aryl methyl sites for hydroxylation is 1. The number of benzene rings is 1. The molecule has 1 aromatic carbocycles. The predicted octanol–water partition coefficient (Wildman–Crippen LogP) is 2.56. The van der Waals surface area contributed by atoms with E-state index in [-0.39, 0.29) is 18.0 Å². The summed E-state index contributed by atoms with van der Waals surface area (Å²) in [4.78, 5) is 11.7. The van der Waals surface area contributed by atoms with E-state index in [0.29, 0.717) is 6.54 Å². The van der Waals surface area contributed by atoms with Crippen molar-refractivity contribution in [3.63, 3.8) is 0 Å². The highest BCUT2D eigenvalue weighted by molar-refractivity contribution is 5.78. The largest absolute Gasteiger partial charge is 0.353 e. The number of hydrogen-bond donors (Lipinski definition) is 2. The molecule has 0 spiro atoms. The molecule has 0 fully saturated rings. The number of carbonyl (C=O) groups is 1. The molecule has 3 heteroatoms. The highest BCUT2D eigenvalue weighted by Crippen LogP contribution is 2.15. The van der Waals surface area contributed by atoms with Gasteiger partial charge in [-0.25, -0.2) is 0 Å². The fourth-order valence-corrected chi connectivity index (χ4v) is 1.86. The van der Waals surface area contributed by atoms with Gasteiger partial charge in [-0.1, -0.05) is 31.2 Å². The molecule has 18 heavy (non-hydrogen) atoms. The van der Waals surface area contributed by atoms with Crippen LogP contribution >= 0.6 is 0 Å². The van der Waals surface area contributed by atoms with E-state index in [2.05, 4.69) is 43.5 Å². The standard InChI is InChI=1S/C15H24N2O/c1-5-12(3)17-15(18)10-16-13(4)14-9-7-6-8-11(14)2/h6-9,12-13,16H,5,10H2,1-4H3,(H,17,18)/t12?,13-/m1/s1. The lowest BCUT2D eigenvalue weighted by atomic mass is 10.0. The SMILES string of the molecule is CCC(C)NC(=O)CN[C@H](C)c1ccccc1C. The lowest BCUT2D eigenvalue weighted by molar-refractivity contribution is -0.121. The van der Waals surface area contributed by atoms with Gasteiger partial charge in [0, 0.05) is 12.1 Å². The zero-order chi connectivity index (χ0) is 13.5. The summed E-state index contributed by atoms with van der Waals surface area (Å²) in [7, 11) is 0. The van der Waals surface area contributed by atoms with Crippen LogP contribution < -0.4 is 10.6 Å². The number of carbonyl (C=O) groups excluding carboxylic acids is 1. The summed E-state index contributed by atoms with van der Waals surface area (Å²) in [5.41, 5.74) is 2.49. The molecule has 0 bridgehead atoms. The van der Waals surface area contributed by atoms with Crippen molar-refractivity contribution < 1.29 is 4.79 Å². The van der Waals surface area contributed by atoms with Crippen LogP contribution in [0.15, 0.2) is 24.3 Å². The summed E-state index contributed by atoms with van der Waals surface area (Å²) < 4.78 is 0. The Balaban J connectivity index is 2.44. The lowest BCUT2D eigenvalue weighted by Crippen LogP contribution is -2.39. The Morgan fingerprint density at radius 1 is 1.28 bits per heavy atom. The van der Waals surface area contributed by atoms with E-state index in [9.17, 15) is 4.79 Å². The number of nitrogens with one attached hydrogen (secondary N) is 2. The topological polar surface area (TPSA) is 41.1 Å². The molecule has 1 aromatic rings. The van der Waals surface area contributed by atoms with E-state index >= 15 is 0 Å². The highest BCUT2D eigenvalue weighted by Gasteiger charge is 2.10.